The summed E-state index contributed by atoms with van der Waals surface area (Å²) in [4.78, 5) is 18.5. The van der Waals surface area contributed by atoms with Crippen LogP contribution in [-0.4, -0.2) is 37.2 Å². The topological polar surface area (TPSA) is 102 Å². The second-order valence-corrected chi connectivity index (χ2v) is 9.55. The highest BCUT2D eigenvalue weighted by molar-refractivity contribution is 5.83. The van der Waals surface area contributed by atoms with Gasteiger partial charge in [-0.2, -0.15) is 0 Å². The summed E-state index contributed by atoms with van der Waals surface area (Å²) >= 11 is 0. The SMILES string of the molecule is CC[C@H](c1nnnn1Cc1ccc(OC)cc1)N(Cc1ccco1)Cc1cc2ccc(C)c(C)c2[nH]c1=O. The third kappa shape index (κ3) is 5.24. The molecule has 0 aliphatic heterocycles. The second kappa shape index (κ2) is 11.0. The predicted molar refractivity (Wildman–Crippen MR) is 145 cm³/mol. The standard InChI is InChI=1S/C29H32N6O3/c1-5-26(28-31-32-33-35(28)16-21-9-12-24(37-4)13-10-21)34(18-25-7-6-14-38-25)17-23-15-22-11-8-19(2)20(3)27(22)30-29(23)36/h6-15,26H,5,16-18H2,1-4H3,(H,30,36)/t26-/m1/s1. The average Bonchev–Trinajstić information content (AvgIpc) is 3.61. The van der Waals surface area contributed by atoms with Gasteiger partial charge in [0.15, 0.2) is 5.82 Å². The highest BCUT2D eigenvalue weighted by Crippen LogP contribution is 2.28. The maximum Gasteiger partial charge on any atom is 0.252 e. The van der Waals surface area contributed by atoms with Gasteiger partial charge >= 0.3 is 0 Å². The van der Waals surface area contributed by atoms with Crippen LogP contribution >= 0.6 is 0 Å². The smallest absolute Gasteiger partial charge is 0.252 e. The number of aryl methyl sites for hydroxylation is 2. The summed E-state index contributed by atoms with van der Waals surface area (Å²) in [7, 11) is 1.65. The average molecular weight is 513 g/mol. The van der Waals surface area contributed by atoms with E-state index in [9.17, 15) is 4.79 Å². The zero-order valence-corrected chi connectivity index (χ0v) is 22.1. The highest BCUT2D eigenvalue weighted by atomic mass is 16.5. The molecule has 9 heteroatoms. The van der Waals surface area contributed by atoms with Gasteiger partial charge in [0.2, 0.25) is 0 Å². The minimum atomic E-state index is -0.150. The number of rotatable bonds is 10. The first-order valence-corrected chi connectivity index (χ1v) is 12.7. The number of nitrogens with zero attached hydrogens (tertiary/aromatic N) is 5. The van der Waals surface area contributed by atoms with E-state index in [1.165, 1.54) is 0 Å². The fraction of sp³-hybridized carbons (Fsp3) is 0.310. The summed E-state index contributed by atoms with van der Waals surface area (Å²) in [6, 6.07) is 17.7. The van der Waals surface area contributed by atoms with Gasteiger partial charge in [0, 0.05) is 12.1 Å². The molecular formula is C29H32N6O3. The number of hydrogen-bond donors (Lipinski definition) is 1. The van der Waals surface area contributed by atoms with Gasteiger partial charge in [0.05, 0.1) is 38.0 Å². The van der Waals surface area contributed by atoms with Crippen LogP contribution in [0.2, 0.25) is 0 Å². The van der Waals surface area contributed by atoms with E-state index < -0.39 is 0 Å². The highest BCUT2D eigenvalue weighted by Gasteiger charge is 2.27. The van der Waals surface area contributed by atoms with Gasteiger partial charge < -0.3 is 14.1 Å². The summed E-state index contributed by atoms with van der Waals surface area (Å²) in [5, 5.41) is 13.7. The van der Waals surface area contributed by atoms with E-state index in [0.717, 1.165) is 51.3 Å². The summed E-state index contributed by atoms with van der Waals surface area (Å²) < 4.78 is 12.8. The lowest BCUT2D eigenvalue weighted by molar-refractivity contribution is 0.149. The van der Waals surface area contributed by atoms with Crippen LogP contribution in [0.15, 0.2) is 70.1 Å². The number of hydrogen-bond acceptors (Lipinski definition) is 7. The minimum Gasteiger partial charge on any atom is -0.497 e. The molecule has 1 atom stereocenters. The zero-order chi connectivity index (χ0) is 26.6. The van der Waals surface area contributed by atoms with Crippen molar-refractivity contribution in [2.45, 2.75) is 52.9 Å². The Kier molecular flexibility index (Phi) is 7.37. The summed E-state index contributed by atoms with van der Waals surface area (Å²) in [5.74, 6) is 2.34. The van der Waals surface area contributed by atoms with Crippen LogP contribution < -0.4 is 10.3 Å². The van der Waals surface area contributed by atoms with Gasteiger partial charge in [-0.05, 0) is 83.1 Å². The molecule has 3 aromatic heterocycles. The Balaban J connectivity index is 1.49. The number of benzene rings is 2. The van der Waals surface area contributed by atoms with Crippen molar-refractivity contribution in [3.05, 3.63) is 105 Å². The third-order valence-electron chi connectivity index (χ3n) is 7.12. The minimum absolute atomic E-state index is 0.0941. The molecule has 0 bridgehead atoms. The van der Waals surface area contributed by atoms with Crippen molar-refractivity contribution in [1.82, 2.24) is 30.1 Å². The Morgan fingerprint density at radius 2 is 1.92 bits per heavy atom. The molecule has 0 saturated carbocycles. The molecule has 196 valence electrons. The molecule has 0 aliphatic rings. The molecule has 1 N–H and O–H groups in total. The second-order valence-electron chi connectivity index (χ2n) is 9.55. The molecule has 38 heavy (non-hydrogen) atoms. The van der Waals surface area contributed by atoms with Crippen LogP contribution in [0.5, 0.6) is 5.75 Å². The van der Waals surface area contributed by atoms with Gasteiger partial charge in [0.25, 0.3) is 5.56 Å². The Morgan fingerprint density at radius 1 is 1.11 bits per heavy atom. The number of ether oxygens (including phenoxy) is 1. The molecule has 2 aromatic carbocycles. The largest absolute Gasteiger partial charge is 0.497 e. The lowest BCUT2D eigenvalue weighted by atomic mass is 10.0. The number of nitrogens with one attached hydrogen (secondary N) is 1. The van der Waals surface area contributed by atoms with Crippen molar-refractivity contribution in [2.75, 3.05) is 7.11 Å². The lowest BCUT2D eigenvalue weighted by Gasteiger charge is -2.29. The molecule has 0 saturated heterocycles. The summed E-state index contributed by atoms with van der Waals surface area (Å²) in [5.41, 5.74) is 4.76. The molecule has 0 amide bonds. The van der Waals surface area contributed by atoms with Gasteiger partial charge in [-0.15, -0.1) is 5.10 Å². The number of fused-ring (bicyclic) bond motifs is 1. The number of aromatic amines is 1. The predicted octanol–water partition coefficient (Wildman–Crippen LogP) is 4.93. The van der Waals surface area contributed by atoms with Gasteiger partial charge in [0.1, 0.15) is 11.5 Å². The van der Waals surface area contributed by atoms with Crippen LogP contribution in [-0.2, 0) is 19.6 Å². The molecular weight excluding hydrogens is 480 g/mol. The van der Waals surface area contributed by atoms with Crippen LogP contribution in [0.1, 0.15) is 53.2 Å². The van der Waals surface area contributed by atoms with Crippen LogP contribution in [0, 0.1) is 13.8 Å². The monoisotopic (exact) mass is 512 g/mol. The number of H-pyrrole nitrogens is 1. The quantitative estimate of drug-likeness (QED) is 0.283. The fourth-order valence-electron chi connectivity index (χ4n) is 4.86. The van der Waals surface area contributed by atoms with E-state index in [-0.39, 0.29) is 11.6 Å². The van der Waals surface area contributed by atoms with Crippen molar-refractivity contribution in [1.29, 1.82) is 0 Å². The molecule has 0 radical (unpaired) electrons. The number of methoxy groups -OCH3 is 1. The Morgan fingerprint density at radius 3 is 2.63 bits per heavy atom. The number of pyridine rings is 1. The first-order chi connectivity index (χ1) is 18.5. The third-order valence-corrected chi connectivity index (χ3v) is 7.12. The Bertz CT molecular complexity index is 1570. The Labute approximate surface area is 221 Å². The van der Waals surface area contributed by atoms with E-state index in [1.54, 1.807) is 13.4 Å². The van der Waals surface area contributed by atoms with Crippen molar-refractivity contribution in [3.63, 3.8) is 0 Å². The van der Waals surface area contributed by atoms with E-state index in [1.807, 2.05) is 61.0 Å². The van der Waals surface area contributed by atoms with Crippen molar-refractivity contribution in [3.8, 4) is 5.75 Å². The summed E-state index contributed by atoms with van der Waals surface area (Å²) in [6.07, 6.45) is 2.41. The first kappa shape index (κ1) is 25.4. The van der Waals surface area contributed by atoms with E-state index >= 15 is 0 Å². The molecule has 0 fully saturated rings. The first-order valence-electron chi connectivity index (χ1n) is 12.7. The molecule has 5 aromatic rings. The number of aromatic nitrogens is 5. The van der Waals surface area contributed by atoms with E-state index in [2.05, 4.69) is 44.5 Å². The summed E-state index contributed by atoms with van der Waals surface area (Å²) in [6.45, 7) is 7.62. The molecule has 0 aliphatic carbocycles. The maximum absolute atomic E-state index is 13.2. The molecule has 0 unspecified atom stereocenters. The molecule has 3 heterocycles. The molecule has 5 rings (SSSR count). The van der Waals surface area contributed by atoms with Gasteiger partial charge in [-0.25, -0.2) is 4.68 Å². The lowest BCUT2D eigenvalue weighted by Crippen LogP contribution is -2.32. The normalized spacial score (nSPS) is 12.3. The van der Waals surface area contributed by atoms with Crippen LogP contribution in [0.25, 0.3) is 10.9 Å². The van der Waals surface area contributed by atoms with Crippen molar-refractivity contribution in [2.24, 2.45) is 0 Å². The zero-order valence-electron chi connectivity index (χ0n) is 22.1. The van der Waals surface area contributed by atoms with E-state index in [4.69, 9.17) is 9.15 Å². The molecule has 9 nitrogen and oxygen atoms in total. The Hall–Kier alpha value is -4.24. The molecule has 0 spiro atoms. The van der Waals surface area contributed by atoms with Gasteiger partial charge in [-0.1, -0.05) is 31.2 Å². The number of tetrazole rings is 1. The van der Waals surface area contributed by atoms with Crippen LogP contribution in [0.4, 0.5) is 0 Å². The maximum atomic E-state index is 13.2. The van der Waals surface area contributed by atoms with Crippen LogP contribution in [0.3, 0.4) is 0 Å². The van der Waals surface area contributed by atoms with E-state index in [0.29, 0.717) is 25.2 Å². The van der Waals surface area contributed by atoms with Crippen molar-refractivity contribution >= 4 is 10.9 Å². The van der Waals surface area contributed by atoms with Gasteiger partial charge in [-0.3, -0.25) is 9.69 Å². The van der Waals surface area contributed by atoms with Crippen molar-refractivity contribution < 1.29 is 9.15 Å². The number of furan rings is 1. The fourth-order valence-corrected chi connectivity index (χ4v) is 4.86.